The smallest absolute Gasteiger partial charge is 0.243 e. The second-order valence-electron chi connectivity index (χ2n) is 7.92. The minimum Gasteiger partial charge on any atom is -0.496 e. The van der Waals surface area contributed by atoms with E-state index in [-0.39, 0.29) is 22.7 Å². The first-order chi connectivity index (χ1) is 14.0. The average molecular weight is 450 g/mol. The van der Waals surface area contributed by atoms with Crippen LogP contribution in [0.3, 0.4) is 0 Å². The Labute approximate surface area is 181 Å². The molecule has 3 aromatic rings. The quantitative estimate of drug-likeness (QED) is 0.550. The first-order valence-electron chi connectivity index (χ1n) is 9.26. The highest BCUT2D eigenvalue weighted by Gasteiger charge is 2.26. The molecule has 1 heterocycles. The minimum absolute atomic E-state index is 0.108. The summed E-state index contributed by atoms with van der Waals surface area (Å²) in [5.41, 5.74) is 0.936. The number of nitrogens with zero attached hydrogens (tertiary/aromatic N) is 3. The normalized spacial score (nSPS) is 12.4. The van der Waals surface area contributed by atoms with E-state index in [1.807, 2.05) is 20.8 Å². The molecule has 3 rings (SSSR count). The van der Waals surface area contributed by atoms with Crippen LogP contribution in [0.5, 0.6) is 5.75 Å². The average Bonchev–Trinajstić information content (AvgIpc) is 3.19. The summed E-state index contributed by atoms with van der Waals surface area (Å²) in [6, 6.07) is 11.6. The van der Waals surface area contributed by atoms with Crippen LogP contribution in [0.4, 0.5) is 0 Å². The first-order valence-corrected chi connectivity index (χ1v) is 11.1. The van der Waals surface area contributed by atoms with Gasteiger partial charge in [-0.05, 0) is 35.9 Å². The monoisotopic (exact) mass is 449 g/mol. The van der Waals surface area contributed by atoms with Crippen LogP contribution in [0.25, 0.3) is 11.4 Å². The molecule has 1 aromatic heterocycles. The van der Waals surface area contributed by atoms with Crippen LogP contribution in [0.15, 0.2) is 51.9 Å². The van der Waals surface area contributed by atoms with Crippen molar-refractivity contribution in [1.29, 1.82) is 0 Å². The minimum atomic E-state index is -3.77. The second kappa shape index (κ2) is 8.37. The summed E-state index contributed by atoms with van der Waals surface area (Å²) in [6.45, 7) is 6.06. The van der Waals surface area contributed by atoms with E-state index in [0.717, 1.165) is 5.56 Å². The Hall–Kier alpha value is -2.42. The fourth-order valence-corrected chi connectivity index (χ4v) is 4.08. The Bertz CT molecular complexity index is 1140. The maximum Gasteiger partial charge on any atom is 0.243 e. The van der Waals surface area contributed by atoms with Gasteiger partial charge in [-0.25, -0.2) is 8.42 Å². The maximum absolute atomic E-state index is 13.1. The number of methoxy groups -OCH3 is 1. The van der Waals surface area contributed by atoms with E-state index >= 15 is 0 Å². The van der Waals surface area contributed by atoms with Crippen LogP contribution in [-0.4, -0.2) is 37.0 Å². The number of aromatic nitrogens is 2. The molecule has 0 saturated heterocycles. The lowest BCUT2D eigenvalue weighted by molar-refractivity contribution is 0.321. The van der Waals surface area contributed by atoms with Gasteiger partial charge in [0.15, 0.2) is 0 Å². The molecule has 160 valence electrons. The Morgan fingerprint density at radius 3 is 2.37 bits per heavy atom. The summed E-state index contributed by atoms with van der Waals surface area (Å²) in [6.07, 6.45) is 0. The zero-order chi connectivity index (χ0) is 22.1. The third-order valence-electron chi connectivity index (χ3n) is 4.51. The van der Waals surface area contributed by atoms with Crippen molar-refractivity contribution < 1.29 is 17.7 Å². The van der Waals surface area contributed by atoms with Crippen molar-refractivity contribution in [2.75, 3.05) is 14.2 Å². The first kappa shape index (κ1) is 22.3. The molecule has 0 atom stereocenters. The highest BCUT2D eigenvalue weighted by molar-refractivity contribution is 7.89. The molecule has 0 aliphatic rings. The van der Waals surface area contributed by atoms with Crippen molar-refractivity contribution in [3.8, 4) is 17.1 Å². The summed E-state index contributed by atoms with van der Waals surface area (Å²) in [5.74, 6) is 1.18. The van der Waals surface area contributed by atoms with Crippen LogP contribution in [0.2, 0.25) is 5.02 Å². The standard InChI is InChI=1S/C21H24ClN3O4S/c1-21(2,3)20-23-19(24-29-20)17-12-16(10-11-18(17)28-5)30(26,27)25(4)13-14-6-8-15(22)9-7-14/h6-12H,13H2,1-5H3. The van der Waals surface area contributed by atoms with Gasteiger partial charge in [0.1, 0.15) is 5.75 Å². The third kappa shape index (κ3) is 4.66. The summed E-state index contributed by atoms with van der Waals surface area (Å²) in [4.78, 5) is 4.53. The van der Waals surface area contributed by atoms with Crippen molar-refractivity contribution >= 4 is 21.6 Å². The maximum atomic E-state index is 13.1. The molecule has 0 fully saturated rings. The van der Waals surface area contributed by atoms with E-state index in [0.29, 0.717) is 22.2 Å². The topological polar surface area (TPSA) is 85.5 Å². The van der Waals surface area contributed by atoms with E-state index in [4.69, 9.17) is 20.9 Å². The summed E-state index contributed by atoms with van der Waals surface area (Å²) in [7, 11) is -0.734. The number of rotatable bonds is 6. The zero-order valence-electron chi connectivity index (χ0n) is 17.5. The van der Waals surface area contributed by atoms with Crippen molar-refractivity contribution in [2.45, 2.75) is 37.6 Å². The van der Waals surface area contributed by atoms with E-state index < -0.39 is 10.0 Å². The van der Waals surface area contributed by atoms with Crippen LogP contribution in [0, 0.1) is 0 Å². The number of hydrogen-bond donors (Lipinski definition) is 0. The lowest BCUT2D eigenvalue weighted by atomic mass is 9.97. The van der Waals surface area contributed by atoms with Gasteiger partial charge in [0.2, 0.25) is 21.7 Å². The van der Waals surface area contributed by atoms with Gasteiger partial charge in [0, 0.05) is 24.0 Å². The van der Waals surface area contributed by atoms with Crippen molar-refractivity contribution in [3.63, 3.8) is 0 Å². The molecule has 0 bridgehead atoms. The summed E-state index contributed by atoms with van der Waals surface area (Å²) >= 11 is 5.90. The van der Waals surface area contributed by atoms with E-state index in [9.17, 15) is 8.42 Å². The van der Waals surface area contributed by atoms with Crippen LogP contribution >= 0.6 is 11.6 Å². The number of ether oxygens (including phenoxy) is 1. The molecule has 0 aliphatic heterocycles. The highest BCUT2D eigenvalue weighted by atomic mass is 35.5. The summed E-state index contributed by atoms with van der Waals surface area (Å²) in [5, 5.41) is 4.61. The van der Waals surface area contributed by atoms with E-state index in [1.54, 1.807) is 30.3 Å². The predicted octanol–water partition coefficient (Wildman–Crippen LogP) is 4.52. The third-order valence-corrected chi connectivity index (χ3v) is 6.56. The number of halogens is 1. The number of hydrogen-bond acceptors (Lipinski definition) is 6. The fraction of sp³-hybridized carbons (Fsp3) is 0.333. The van der Waals surface area contributed by atoms with Gasteiger partial charge in [0.25, 0.3) is 0 Å². The molecule has 0 radical (unpaired) electrons. The van der Waals surface area contributed by atoms with Gasteiger partial charge in [-0.1, -0.05) is 49.7 Å². The highest BCUT2D eigenvalue weighted by Crippen LogP contribution is 2.33. The molecule has 2 aromatic carbocycles. The van der Waals surface area contributed by atoms with Crippen molar-refractivity contribution in [1.82, 2.24) is 14.4 Å². The molecule has 30 heavy (non-hydrogen) atoms. The van der Waals surface area contributed by atoms with Gasteiger partial charge in [-0.15, -0.1) is 0 Å². The SMILES string of the molecule is COc1ccc(S(=O)(=O)N(C)Cc2ccc(Cl)cc2)cc1-c1noc(C(C)(C)C)n1. The molecule has 0 N–H and O–H groups in total. The van der Waals surface area contributed by atoms with Gasteiger partial charge >= 0.3 is 0 Å². The lowest BCUT2D eigenvalue weighted by Crippen LogP contribution is -2.26. The predicted molar refractivity (Wildman–Crippen MR) is 115 cm³/mol. The molecule has 0 amide bonds. The second-order valence-corrected chi connectivity index (χ2v) is 10.4. The number of sulfonamides is 1. The van der Waals surface area contributed by atoms with Gasteiger partial charge in [0.05, 0.1) is 17.6 Å². The molecule has 0 unspecified atom stereocenters. The Balaban J connectivity index is 1.96. The van der Waals surface area contributed by atoms with Crippen LogP contribution in [-0.2, 0) is 22.0 Å². The largest absolute Gasteiger partial charge is 0.496 e. The van der Waals surface area contributed by atoms with E-state index in [1.165, 1.54) is 30.6 Å². The Morgan fingerprint density at radius 1 is 1.13 bits per heavy atom. The van der Waals surface area contributed by atoms with Crippen LogP contribution in [0.1, 0.15) is 32.2 Å². The van der Waals surface area contributed by atoms with Crippen molar-refractivity contribution in [2.24, 2.45) is 0 Å². The van der Waals surface area contributed by atoms with Crippen LogP contribution < -0.4 is 4.74 Å². The fourth-order valence-electron chi connectivity index (χ4n) is 2.77. The molecular weight excluding hydrogens is 426 g/mol. The molecule has 0 aliphatic carbocycles. The Kier molecular flexibility index (Phi) is 6.21. The van der Waals surface area contributed by atoms with Gasteiger partial charge in [-0.2, -0.15) is 9.29 Å². The van der Waals surface area contributed by atoms with E-state index in [2.05, 4.69) is 10.1 Å². The lowest BCUT2D eigenvalue weighted by Gasteiger charge is -2.18. The molecule has 7 nitrogen and oxygen atoms in total. The molecule has 0 spiro atoms. The zero-order valence-corrected chi connectivity index (χ0v) is 19.1. The number of benzene rings is 2. The van der Waals surface area contributed by atoms with Gasteiger partial charge < -0.3 is 9.26 Å². The van der Waals surface area contributed by atoms with Gasteiger partial charge in [-0.3, -0.25) is 0 Å². The molecule has 0 saturated carbocycles. The molecular formula is C21H24ClN3O4S. The summed E-state index contributed by atoms with van der Waals surface area (Å²) < 4.78 is 38.3. The Morgan fingerprint density at radius 2 is 1.80 bits per heavy atom. The molecule has 9 heteroatoms. The van der Waals surface area contributed by atoms with Crippen molar-refractivity contribution in [3.05, 3.63) is 58.9 Å².